The average molecular weight is 554 g/mol. The number of nitrogens with zero attached hydrogens (tertiary/aromatic N) is 3. The van der Waals surface area contributed by atoms with Crippen molar-refractivity contribution in [3.05, 3.63) is 92.6 Å². The minimum absolute atomic E-state index is 0.339. The molecule has 0 spiro atoms. The lowest BCUT2D eigenvalue weighted by molar-refractivity contribution is 0.0525. The number of hydrogen-bond acceptors (Lipinski definition) is 5. The van der Waals surface area contributed by atoms with Crippen molar-refractivity contribution in [2.45, 2.75) is 53.4 Å². The second-order valence-corrected chi connectivity index (χ2v) is 12.1. The molecule has 0 amide bonds. The fraction of sp³-hybridized carbons (Fsp3) is 0.353. The summed E-state index contributed by atoms with van der Waals surface area (Å²) in [7, 11) is 2.22. The van der Waals surface area contributed by atoms with Crippen LogP contribution in [0.1, 0.15) is 74.4 Å². The Kier molecular flexibility index (Phi) is 8.38. The summed E-state index contributed by atoms with van der Waals surface area (Å²) in [5, 5.41) is 4.50. The maximum absolute atomic E-state index is 12.3. The lowest BCUT2D eigenvalue weighted by atomic mass is 9.88. The average Bonchev–Trinajstić information content (AvgIpc) is 3.47. The van der Waals surface area contributed by atoms with Crippen LogP contribution in [0.15, 0.2) is 48.7 Å². The third kappa shape index (κ3) is 5.70. The molecule has 3 heterocycles. The van der Waals surface area contributed by atoms with E-state index >= 15 is 0 Å². The number of carbonyl (C=O) groups is 1. The van der Waals surface area contributed by atoms with Crippen LogP contribution in [0.5, 0.6) is 0 Å². The van der Waals surface area contributed by atoms with Gasteiger partial charge in [-0.3, -0.25) is 0 Å². The number of piperidine rings is 1. The van der Waals surface area contributed by atoms with Crippen LogP contribution in [0, 0.1) is 27.7 Å². The van der Waals surface area contributed by atoms with Gasteiger partial charge in [-0.25, -0.2) is 9.48 Å². The zero-order chi connectivity index (χ0) is 28.4. The molecule has 1 fully saturated rings. The number of aromatic nitrogens is 2. The van der Waals surface area contributed by atoms with Crippen LogP contribution >= 0.6 is 11.3 Å². The molecule has 6 heteroatoms. The van der Waals surface area contributed by atoms with E-state index in [0.29, 0.717) is 18.1 Å². The molecule has 0 aliphatic carbocycles. The Morgan fingerprint density at radius 1 is 1.07 bits per heavy atom. The standard InChI is InChI=1S/C34H39N3O2S/c1-7-39-34(38)32-21-35-37(24(32)4)30-10-8-9-29(20-30)33-31(23(3)25(5)40-33)14-13-26-11-12-28(19-22(26)2)27-15-17-36(6)18-16-27/h8-14,19-21,27H,7,15-18H2,1-6H3/b14-13+. The Labute approximate surface area is 242 Å². The van der Waals surface area contributed by atoms with Gasteiger partial charge in [0.2, 0.25) is 0 Å². The van der Waals surface area contributed by atoms with Gasteiger partial charge in [0.15, 0.2) is 0 Å². The van der Waals surface area contributed by atoms with Gasteiger partial charge in [-0.05, 0) is 119 Å². The molecule has 2 aromatic heterocycles. The van der Waals surface area contributed by atoms with E-state index in [0.717, 1.165) is 16.9 Å². The number of ether oxygens (including phenoxy) is 1. The minimum Gasteiger partial charge on any atom is -0.462 e. The molecule has 0 atom stereocenters. The van der Waals surface area contributed by atoms with Crippen LogP contribution in [0.2, 0.25) is 0 Å². The van der Waals surface area contributed by atoms with Crippen molar-refractivity contribution >= 4 is 29.5 Å². The molecule has 0 unspecified atom stereocenters. The van der Waals surface area contributed by atoms with Crippen molar-refractivity contribution in [3.8, 4) is 16.1 Å². The number of carbonyl (C=O) groups excluding carboxylic acids is 1. The first-order chi connectivity index (χ1) is 19.3. The zero-order valence-electron chi connectivity index (χ0n) is 24.5. The lowest BCUT2D eigenvalue weighted by Gasteiger charge is -2.29. The molecule has 208 valence electrons. The lowest BCUT2D eigenvalue weighted by Crippen LogP contribution is -2.29. The molecule has 0 radical (unpaired) electrons. The molecule has 2 aromatic carbocycles. The predicted molar refractivity (Wildman–Crippen MR) is 167 cm³/mol. The summed E-state index contributed by atoms with van der Waals surface area (Å²) in [4.78, 5) is 17.3. The van der Waals surface area contributed by atoms with Crippen LogP contribution < -0.4 is 0 Å². The maximum atomic E-state index is 12.3. The summed E-state index contributed by atoms with van der Waals surface area (Å²) in [6.45, 7) is 13.0. The van der Waals surface area contributed by atoms with Gasteiger partial charge in [0.1, 0.15) is 5.56 Å². The number of hydrogen-bond donors (Lipinski definition) is 0. The SMILES string of the molecule is CCOC(=O)c1cnn(-c2cccc(-c3sc(C)c(C)c3/C=C/c3ccc(C4CCN(C)CC4)cc3C)c2)c1C. The van der Waals surface area contributed by atoms with E-state index in [9.17, 15) is 4.79 Å². The zero-order valence-corrected chi connectivity index (χ0v) is 25.3. The molecule has 4 aromatic rings. The van der Waals surface area contributed by atoms with Crippen LogP contribution in [-0.2, 0) is 4.74 Å². The number of benzene rings is 2. The summed E-state index contributed by atoms with van der Waals surface area (Å²) in [5.74, 6) is 0.328. The number of aryl methyl sites for hydroxylation is 2. The van der Waals surface area contributed by atoms with Crippen LogP contribution in [-0.4, -0.2) is 47.4 Å². The molecule has 0 N–H and O–H groups in total. The number of esters is 1. The molecule has 1 aliphatic heterocycles. The Balaban J connectivity index is 1.43. The van der Waals surface area contributed by atoms with Gasteiger partial charge in [0, 0.05) is 9.75 Å². The van der Waals surface area contributed by atoms with Crippen molar-refractivity contribution in [3.63, 3.8) is 0 Å². The van der Waals surface area contributed by atoms with Gasteiger partial charge in [0.05, 0.1) is 24.2 Å². The third-order valence-corrected chi connectivity index (χ3v) is 9.48. The summed E-state index contributed by atoms with van der Waals surface area (Å²) in [5.41, 5.74) is 9.95. The third-order valence-electron chi connectivity index (χ3n) is 8.20. The van der Waals surface area contributed by atoms with E-state index in [1.54, 1.807) is 6.20 Å². The second-order valence-electron chi connectivity index (χ2n) is 10.9. The van der Waals surface area contributed by atoms with Crippen LogP contribution in [0.25, 0.3) is 28.3 Å². The van der Waals surface area contributed by atoms with Crippen LogP contribution in [0.3, 0.4) is 0 Å². The first kappa shape index (κ1) is 28.1. The van der Waals surface area contributed by atoms with Gasteiger partial charge in [-0.1, -0.05) is 42.5 Å². The minimum atomic E-state index is -0.339. The largest absolute Gasteiger partial charge is 0.462 e. The van der Waals surface area contributed by atoms with Crippen LogP contribution in [0.4, 0.5) is 0 Å². The Morgan fingerprint density at radius 3 is 2.58 bits per heavy atom. The number of rotatable bonds is 7. The first-order valence-electron chi connectivity index (χ1n) is 14.2. The summed E-state index contributed by atoms with van der Waals surface area (Å²) in [6, 6.07) is 15.4. The fourth-order valence-corrected chi connectivity index (χ4v) is 6.72. The van der Waals surface area contributed by atoms with Gasteiger partial charge < -0.3 is 9.64 Å². The molecule has 5 nitrogen and oxygen atoms in total. The molecular weight excluding hydrogens is 514 g/mol. The highest BCUT2D eigenvalue weighted by Gasteiger charge is 2.20. The van der Waals surface area contributed by atoms with E-state index < -0.39 is 0 Å². The molecule has 0 bridgehead atoms. The Hall–Kier alpha value is -3.48. The first-order valence-corrected chi connectivity index (χ1v) is 15.0. The summed E-state index contributed by atoms with van der Waals surface area (Å²) < 4.78 is 7.01. The summed E-state index contributed by atoms with van der Waals surface area (Å²) >= 11 is 1.82. The van der Waals surface area contributed by atoms with Crippen molar-refractivity contribution in [2.24, 2.45) is 0 Å². The Bertz CT molecular complexity index is 1550. The van der Waals surface area contributed by atoms with E-state index in [4.69, 9.17) is 4.74 Å². The predicted octanol–water partition coefficient (Wildman–Crippen LogP) is 7.99. The molecule has 0 saturated carbocycles. The van der Waals surface area contributed by atoms with Gasteiger partial charge in [-0.15, -0.1) is 11.3 Å². The molecule has 5 rings (SSSR count). The van der Waals surface area contributed by atoms with Crippen molar-refractivity contribution in [1.82, 2.24) is 14.7 Å². The number of thiophene rings is 1. The Morgan fingerprint density at radius 2 is 1.85 bits per heavy atom. The second kappa shape index (κ2) is 11.9. The maximum Gasteiger partial charge on any atom is 0.341 e. The van der Waals surface area contributed by atoms with Crippen molar-refractivity contribution in [1.29, 1.82) is 0 Å². The topological polar surface area (TPSA) is 47.4 Å². The van der Waals surface area contributed by atoms with E-state index in [1.807, 2.05) is 35.9 Å². The highest BCUT2D eigenvalue weighted by atomic mass is 32.1. The molecule has 1 saturated heterocycles. The van der Waals surface area contributed by atoms with Gasteiger partial charge in [0.25, 0.3) is 0 Å². The monoisotopic (exact) mass is 553 g/mol. The van der Waals surface area contributed by atoms with Gasteiger partial charge >= 0.3 is 5.97 Å². The van der Waals surface area contributed by atoms with Crippen molar-refractivity contribution in [2.75, 3.05) is 26.7 Å². The molecule has 40 heavy (non-hydrogen) atoms. The van der Waals surface area contributed by atoms with E-state index in [1.165, 1.54) is 63.5 Å². The normalized spacial score (nSPS) is 14.8. The number of likely N-dealkylation sites (tertiary alicyclic amines) is 1. The quantitative estimate of drug-likeness (QED) is 0.218. The molecule has 1 aliphatic rings. The van der Waals surface area contributed by atoms with Gasteiger partial charge in [-0.2, -0.15) is 5.10 Å². The van der Waals surface area contributed by atoms with Crippen molar-refractivity contribution < 1.29 is 9.53 Å². The highest BCUT2D eigenvalue weighted by molar-refractivity contribution is 7.16. The smallest absolute Gasteiger partial charge is 0.341 e. The molecular formula is C34H39N3O2S. The fourth-order valence-electron chi connectivity index (χ4n) is 5.57. The highest BCUT2D eigenvalue weighted by Crippen LogP contribution is 2.38. The van der Waals surface area contributed by atoms with E-state index in [2.05, 4.69) is 86.4 Å². The summed E-state index contributed by atoms with van der Waals surface area (Å²) in [6.07, 6.45) is 8.61. The van der Waals surface area contributed by atoms with E-state index in [-0.39, 0.29) is 5.97 Å².